The molecular formula is C27H37N5O2. The number of aryl methyl sites for hydroxylation is 1. The number of anilines is 1. The van der Waals surface area contributed by atoms with Gasteiger partial charge in [0.15, 0.2) is 11.5 Å². The van der Waals surface area contributed by atoms with Crippen molar-refractivity contribution in [3.05, 3.63) is 47.4 Å². The van der Waals surface area contributed by atoms with Crippen LogP contribution in [0.2, 0.25) is 0 Å². The third-order valence-electron chi connectivity index (χ3n) is 7.85. The Morgan fingerprint density at radius 1 is 0.882 bits per heavy atom. The lowest BCUT2D eigenvalue weighted by Crippen LogP contribution is -2.52. The lowest BCUT2D eigenvalue weighted by atomic mass is 10.1. The number of rotatable bonds is 4. The Kier molecular flexibility index (Phi) is 6.99. The van der Waals surface area contributed by atoms with Crippen LogP contribution in [0.4, 0.5) is 5.82 Å². The average Bonchev–Trinajstić information content (AvgIpc) is 3.06. The van der Waals surface area contributed by atoms with Crippen molar-refractivity contribution in [2.45, 2.75) is 70.4 Å². The molecule has 2 aromatic rings. The van der Waals surface area contributed by atoms with Gasteiger partial charge in [0.2, 0.25) is 0 Å². The van der Waals surface area contributed by atoms with Crippen molar-refractivity contribution < 1.29 is 9.59 Å². The van der Waals surface area contributed by atoms with Crippen LogP contribution in [0, 0.1) is 0 Å². The zero-order valence-corrected chi connectivity index (χ0v) is 20.4. The molecule has 0 unspecified atom stereocenters. The molecule has 7 nitrogen and oxygen atoms in total. The number of hydrogen-bond acceptors (Lipinski definition) is 4. The molecule has 5 rings (SSSR count). The lowest BCUT2D eigenvalue weighted by molar-refractivity contribution is 0.0542. The minimum Gasteiger partial charge on any atom is -0.335 e. The van der Waals surface area contributed by atoms with Gasteiger partial charge in [0.1, 0.15) is 5.82 Å². The summed E-state index contributed by atoms with van der Waals surface area (Å²) in [6, 6.07) is 9.91. The molecular weight excluding hydrogens is 426 g/mol. The summed E-state index contributed by atoms with van der Waals surface area (Å²) in [4.78, 5) is 38.0. The molecule has 7 heteroatoms. The van der Waals surface area contributed by atoms with Gasteiger partial charge >= 0.3 is 0 Å². The predicted molar refractivity (Wildman–Crippen MR) is 133 cm³/mol. The van der Waals surface area contributed by atoms with Crippen LogP contribution in [-0.4, -0.2) is 70.4 Å². The quantitative estimate of drug-likeness (QED) is 0.644. The van der Waals surface area contributed by atoms with Crippen molar-refractivity contribution >= 4 is 17.6 Å². The minimum atomic E-state index is -0.136. The van der Waals surface area contributed by atoms with Crippen LogP contribution >= 0.6 is 0 Å². The second-order valence-corrected chi connectivity index (χ2v) is 10.0. The summed E-state index contributed by atoms with van der Waals surface area (Å²) < 4.78 is 2.08. The summed E-state index contributed by atoms with van der Waals surface area (Å²) in [5.74, 6) is 1.31. The molecule has 2 amide bonds. The number of imidazole rings is 1. The Morgan fingerprint density at radius 3 is 2.29 bits per heavy atom. The maximum atomic E-state index is 13.9. The van der Waals surface area contributed by atoms with Gasteiger partial charge in [0.05, 0.1) is 0 Å². The highest BCUT2D eigenvalue weighted by Crippen LogP contribution is 2.29. The van der Waals surface area contributed by atoms with E-state index < -0.39 is 0 Å². The fourth-order valence-corrected chi connectivity index (χ4v) is 5.85. The molecule has 34 heavy (non-hydrogen) atoms. The molecule has 1 saturated heterocycles. The summed E-state index contributed by atoms with van der Waals surface area (Å²) in [6.07, 6.45) is 10.9. The number of carbonyl (C=O) groups excluding carboxylic acids is 2. The normalized spacial score (nSPS) is 20.0. The summed E-state index contributed by atoms with van der Waals surface area (Å²) in [5, 5.41) is 0. The van der Waals surface area contributed by atoms with Crippen LogP contribution in [0.15, 0.2) is 30.3 Å². The highest BCUT2D eigenvalue weighted by Gasteiger charge is 2.34. The van der Waals surface area contributed by atoms with Gasteiger partial charge in [-0.25, -0.2) is 4.98 Å². The fraction of sp³-hybridized carbons (Fsp3) is 0.593. The molecule has 1 aliphatic carbocycles. The summed E-state index contributed by atoms with van der Waals surface area (Å²) in [7, 11) is 1.74. The topological polar surface area (TPSA) is 61.7 Å². The number of benzene rings is 1. The Balaban J connectivity index is 1.36. The number of piperazine rings is 1. The lowest BCUT2D eigenvalue weighted by Gasteiger charge is -2.39. The molecule has 0 atom stereocenters. The first-order chi connectivity index (χ1) is 16.6. The molecule has 1 aromatic carbocycles. The zero-order valence-electron chi connectivity index (χ0n) is 20.4. The monoisotopic (exact) mass is 463 g/mol. The van der Waals surface area contributed by atoms with Crippen LogP contribution in [0.1, 0.15) is 78.0 Å². The van der Waals surface area contributed by atoms with E-state index in [1.54, 1.807) is 11.9 Å². The smallest absolute Gasteiger partial charge is 0.274 e. The van der Waals surface area contributed by atoms with Crippen molar-refractivity contribution in [1.29, 1.82) is 0 Å². The van der Waals surface area contributed by atoms with Crippen molar-refractivity contribution in [3.63, 3.8) is 0 Å². The van der Waals surface area contributed by atoms with Gasteiger partial charge in [-0.3, -0.25) is 19.4 Å². The number of hydrogen-bond donors (Lipinski definition) is 0. The minimum absolute atomic E-state index is 0.0175. The van der Waals surface area contributed by atoms with Gasteiger partial charge in [-0.2, -0.15) is 0 Å². The van der Waals surface area contributed by atoms with Crippen molar-refractivity contribution in [3.8, 4) is 0 Å². The molecule has 0 radical (unpaired) electrons. The van der Waals surface area contributed by atoms with E-state index in [2.05, 4.69) is 9.47 Å². The van der Waals surface area contributed by atoms with E-state index in [0.717, 1.165) is 57.8 Å². The molecule has 0 N–H and O–H groups in total. The van der Waals surface area contributed by atoms with Crippen LogP contribution in [0.25, 0.3) is 0 Å². The number of carbonyl (C=O) groups is 2. The standard InChI is InChI=1S/C27H37N5O2/c1-29(26(33)21-11-5-4-6-12-21)25-24(32-16-10-9-15-23(32)28-25)27(34)31-19-17-30(18-20-31)22-13-7-2-3-8-14-22/h4-6,11-12,22H,2-3,7-10,13-20H2,1H3. The fourth-order valence-electron chi connectivity index (χ4n) is 5.85. The van der Waals surface area contributed by atoms with Crippen molar-refractivity contribution in [1.82, 2.24) is 19.4 Å². The van der Waals surface area contributed by atoms with E-state index in [9.17, 15) is 9.59 Å². The highest BCUT2D eigenvalue weighted by atomic mass is 16.2. The van der Waals surface area contributed by atoms with E-state index >= 15 is 0 Å². The predicted octanol–water partition coefficient (Wildman–Crippen LogP) is 3.98. The van der Waals surface area contributed by atoms with E-state index in [4.69, 9.17) is 4.98 Å². The van der Waals surface area contributed by atoms with Gasteiger partial charge in [-0.05, 0) is 37.8 Å². The van der Waals surface area contributed by atoms with E-state index in [-0.39, 0.29) is 11.8 Å². The summed E-state index contributed by atoms with van der Waals surface area (Å²) in [5.41, 5.74) is 1.19. The maximum Gasteiger partial charge on any atom is 0.274 e. The Morgan fingerprint density at radius 2 is 1.59 bits per heavy atom. The molecule has 1 aromatic heterocycles. The highest BCUT2D eigenvalue weighted by molar-refractivity contribution is 6.09. The second-order valence-electron chi connectivity index (χ2n) is 10.0. The number of nitrogens with zero attached hydrogens (tertiary/aromatic N) is 5. The molecule has 182 valence electrons. The molecule has 2 fully saturated rings. The largest absolute Gasteiger partial charge is 0.335 e. The summed E-state index contributed by atoms with van der Waals surface area (Å²) >= 11 is 0. The van der Waals surface area contributed by atoms with E-state index in [1.165, 1.54) is 38.5 Å². The number of fused-ring (bicyclic) bond motifs is 1. The molecule has 0 spiro atoms. The van der Waals surface area contributed by atoms with Gasteiger partial charge in [-0.15, -0.1) is 0 Å². The number of amides is 2. The van der Waals surface area contributed by atoms with Gasteiger partial charge in [0.25, 0.3) is 11.8 Å². The summed E-state index contributed by atoms with van der Waals surface area (Å²) in [6.45, 7) is 4.15. The molecule has 0 bridgehead atoms. The first kappa shape index (κ1) is 23.1. The van der Waals surface area contributed by atoms with Crippen LogP contribution in [-0.2, 0) is 13.0 Å². The van der Waals surface area contributed by atoms with Crippen molar-refractivity contribution in [2.75, 3.05) is 38.1 Å². The molecule has 3 aliphatic rings. The SMILES string of the molecule is CN(C(=O)c1ccccc1)c1nc2n(c1C(=O)N1CCN(C3CCCCCC3)CC1)CCCC2. The van der Waals surface area contributed by atoms with E-state index in [0.29, 0.717) is 23.1 Å². The molecule has 3 heterocycles. The Labute approximate surface area is 202 Å². The average molecular weight is 464 g/mol. The molecule has 2 aliphatic heterocycles. The maximum absolute atomic E-state index is 13.9. The Hall–Kier alpha value is -2.67. The van der Waals surface area contributed by atoms with Crippen LogP contribution in [0.3, 0.4) is 0 Å². The van der Waals surface area contributed by atoms with Gasteiger partial charge in [-0.1, -0.05) is 43.9 Å². The van der Waals surface area contributed by atoms with Crippen LogP contribution in [0.5, 0.6) is 0 Å². The first-order valence-corrected chi connectivity index (χ1v) is 13.1. The van der Waals surface area contributed by atoms with Crippen molar-refractivity contribution in [2.24, 2.45) is 0 Å². The third-order valence-corrected chi connectivity index (χ3v) is 7.85. The van der Waals surface area contributed by atoms with Gasteiger partial charge < -0.3 is 9.47 Å². The third kappa shape index (κ3) is 4.63. The van der Waals surface area contributed by atoms with Crippen LogP contribution < -0.4 is 4.90 Å². The zero-order chi connectivity index (χ0) is 23.5. The Bertz CT molecular complexity index is 1000. The second kappa shape index (κ2) is 10.3. The van der Waals surface area contributed by atoms with Gasteiger partial charge in [0, 0.05) is 57.8 Å². The number of aromatic nitrogens is 2. The van der Waals surface area contributed by atoms with E-state index in [1.807, 2.05) is 35.2 Å². The first-order valence-electron chi connectivity index (χ1n) is 13.1. The molecule has 1 saturated carbocycles.